The van der Waals surface area contributed by atoms with E-state index in [1.807, 2.05) is 0 Å². The molecule has 3 amide bonds. The maximum atomic E-state index is 13.6. The Hall–Kier alpha value is -2.50. The average Bonchev–Trinajstić information content (AvgIpc) is 3.08. The Morgan fingerprint density at radius 2 is 1.91 bits per heavy atom. The molecule has 0 radical (unpaired) electrons. The maximum Gasteiger partial charge on any atom is 0.405 e. The first-order chi connectivity index (χ1) is 15.3. The first-order valence-electron chi connectivity index (χ1n) is 10.7. The van der Waals surface area contributed by atoms with Gasteiger partial charge in [0.05, 0.1) is 0 Å². The molecule has 32 heavy (non-hydrogen) atoms. The molecule has 8 nitrogen and oxygen atoms in total. The molecule has 174 valence electrons. The van der Waals surface area contributed by atoms with Crippen LogP contribution in [0.3, 0.4) is 0 Å². The Labute approximate surface area is 183 Å². The number of fused-ring (bicyclic) bond motifs is 1. The molecule has 4 rings (SSSR count). The van der Waals surface area contributed by atoms with E-state index in [1.54, 1.807) is 18.2 Å². The lowest BCUT2D eigenvalue weighted by atomic mass is 10.0. The number of benzene rings is 1. The summed E-state index contributed by atoms with van der Waals surface area (Å²) in [5, 5.41) is 8.24. The van der Waals surface area contributed by atoms with Gasteiger partial charge in [-0.25, -0.2) is 0 Å². The number of piperazine rings is 1. The van der Waals surface area contributed by atoms with E-state index in [4.69, 9.17) is 0 Å². The Balaban J connectivity index is 1.43. The van der Waals surface area contributed by atoms with Crippen molar-refractivity contribution < 1.29 is 27.6 Å². The van der Waals surface area contributed by atoms with Crippen LogP contribution in [0.15, 0.2) is 18.2 Å². The topological polar surface area (TPSA) is 93.8 Å². The minimum absolute atomic E-state index is 0.162. The van der Waals surface area contributed by atoms with Crippen LogP contribution in [-0.4, -0.2) is 78.5 Å². The van der Waals surface area contributed by atoms with E-state index in [9.17, 15) is 27.6 Å². The second kappa shape index (κ2) is 9.16. The Morgan fingerprint density at radius 1 is 1.16 bits per heavy atom. The molecule has 0 aliphatic carbocycles. The predicted octanol–water partition coefficient (Wildman–Crippen LogP) is 0.373. The van der Waals surface area contributed by atoms with E-state index in [1.165, 1.54) is 9.80 Å². The highest BCUT2D eigenvalue weighted by Gasteiger charge is 2.43. The first kappa shape index (κ1) is 22.7. The van der Waals surface area contributed by atoms with Crippen molar-refractivity contribution in [3.8, 4) is 0 Å². The number of nitrogens with zero attached hydrogens (tertiary/aromatic N) is 2. The number of hydrogen-bond donors (Lipinski definition) is 3. The number of nitrogens with one attached hydrogen (secondary N) is 3. The molecule has 3 aliphatic heterocycles. The third kappa shape index (κ3) is 4.64. The predicted molar refractivity (Wildman–Crippen MR) is 108 cm³/mol. The number of carbonyl (C=O) groups excluding carboxylic acids is 3. The fourth-order valence-corrected chi connectivity index (χ4v) is 4.60. The van der Waals surface area contributed by atoms with Crippen molar-refractivity contribution in [3.05, 3.63) is 34.9 Å². The standard InChI is InChI=1S/C21H26F3N5O3/c22-21(23,24)17(28-8-6-25-7-9-28)11-26-10-13-2-1-3-14-15(13)12-29(20(14)32)16-4-5-18(30)27-19(16)31/h1-3,16-17,25-26H,4-12H2,(H,27,30,31). The minimum Gasteiger partial charge on any atom is -0.322 e. The lowest BCUT2D eigenvalue weighted by molar-refractivity contribution is -0.183. The van der Waals surface area contributed by atoms with Crippen LogP contribution >= 0.6 is 0 Å². The third-order valence-corrected chi connectivity index (χ3v) is 6.30. The number of carbonyl (C=O) groups is 3. The van der Waals surface area contributed by atoms with Crippen molar-refractivity contribution >= 4 is 17.7 Å². The highest BCUT2D eigenvalue weighted by Crippen LogP contribution is 2.30. The van der Waals surface area contributed by atoms with Crippen LogP contribution < -0.4 is 16.0 Å². The molecule has 1 aromatic rings. The molecule has 2 saturated heterocycles. The fraction of sp³-hybridized carbons (Fsp3) is 0.571. The molecule has 0 saturated carbocycles. The largest absolute Gasteiger partial charge is 0.405 e. The molecule has 2 unspecified atom stereocenters. The van der Waals surface area contributed by atoms with Gasteiger partial charge in [0.2, 0.25) is 11.8 Å². The van der Waals surface area contributed by atoms with Crippen molar-refractivity contribution in [1.82, 2.24) is 25.8 Å². The molecule has 0 bridgehead atoms. The summed E-state index contributed by atoms with van der Waals surface area (Å²) in [7, 11) is 0. The first-order valence-corrected chi connectivity index (χ1v) is 10.7. The molecular weight excluding hydrogens is 427 g/mol. The normalized spacial score (nSPS) is 23.3. The Kier molecular flexibility index (Phi) is 6.50. The van der Waals surface area contributed by atoms with E-state index < -0.39 is 24.2 Å². The van der Waals surface area contributed by atoms with Gasteiger partial charge in [-0.3, -0.25) is 24.6 Å². The van der Waals surface area contributed by atoms with Crippen LogP contribution in [0, 0.1) is 0 Å². The molecule has 3 heterocycles. The van der Waals surface area contributed by atoms with E-state index in [0.29, 0.717) is 37.3 Å². The highest BCUT2D eigenvalue weighted by atomic mass is 19.4. The number of amides is 3. The van der Waals surface area contributed by atoms with Crippen LogP contribution in [0.4, 0.5) is 13.2 Å². The molecular formula is C21H26F3N5O3. The summed E-state index contributed by atoms with van der Waals surface area (Å²) in [5.74, 6) is -1.15. The SMILES string of the molecule is O=C1CCC(N2Cc3c(CNCC(N4CCNCC4)C(F)(F)F)cccc3C2=O)C(=O)N1. The number of alkyl halides is 3. The quantitative estimate of drug-likeness (QED) is 0.539. The van der Waals surface area contributed by atoms with Crippen molar-refractivity contribution in [2.45, 2.75) is 44.2 Å². The summed E-state index contributed by atoms with van der Waals surface area (Å²) in [4.78, 5) is 39.4. The number of hydrogen-bond acceptors (Lipinski definition) is 6. The summed E-state index contributed by atoms with van der Waals surface area (Å²) < 4.78 is 40.8. The average molecular weight is 453 g/mol. The van der Waals surface area contributed by atoms with Gasteiger partial charge in [-0.1, -0.05) is 12.1 Å². The van der Waals surface area contributed by atoms with Gasteiger partial charge in [0.15, 0.2) is 0 Å². The Morgan fingerprint density at radius 3 is 2.59 bits per heavy atom. The molecule has 0 aromatic heterocycles. The monoisotopic (exact) mass is 453 g/mol. The number of rotatable bonds is 6. The van der Waals surface area contributed by atoms with Crippen molar-refractivity contribution in [2.75, 3.05) is 32.7 Å². The lowest BCUT2D eigenvalue weighted by Crippen LogP contribution is -2.57. The van der Waals surface area contributed by atoms with E-state index in [-0.39, 0.29) is 44.3 Å². The zero-order valence-electron chi connectivity index (χ0n) is 17.5. The van der Waals surface area contributed by atoms with Crippen molar-refractivity contribution in [3.63, 3.8) is 0 Å². The van der Waals surface area contributed by atoms with Gasteiger partial charge in [0.1, 0.15) is 12.1 Å². The second-order valence-corrected chi connectivity index (χ2v) is 8.32. The number of piperidine rings is 1. The summed E-state index contributed by atoms with van der Waals surface area (Å²) in [6.07, 6.45) is -3.92. The summed E-state index contributed by atoms with van der Waals surface area (Å²) in [6.45, 7) is 1.84. The maximum absolute atomic E-state index is 13.6. The van der Waals surface area contributed by atoms with Crippen LogP contribution in [0.1, 0.15) is 34.3 Å². The van der Waals surface area contributed by atoms with E-state index in [2.05, 4.69) is 16.0 Å². The van der Waals surface area contributed by atoms with Crippen molar-refractivity contribution in [2.24, 2.45) is 0 Å². The molecule has 11 heteroatoms. The smallest absolute Gasteiger partial charge is 0.322 e. The van der Waals surface area contributed by atoms with Gasteiger partial charge in [0.25, 0.3) is 5.91 Å². The molecule has 0 spiro atoms. The van der Waals surface area contributed by atoms with Gasteiger partial charge in [-0.2, -0.15) is 13.2 Å². The van der Waals surface area contributed by atoms with Gasteiger partial charge in [-0.05, 0) is 23.6 Å². The van der Waals surface area contributed by atoms with Gasteiger partial charge < -0.3 is 15.5 Å². The summed E-state index contributed by atoms with van der Waals surface area (Å²) in [5.41, 5.74) is 1.88. The minimum atomic E-state index is -4.35. The van der Waals surface area contributed by atoms with Crippen LogP contribution in [-0.2, 0) is 22.7 Å². The van der Waals surface area contributed by atoms with Crippen LogP contribution in [0.2, 0.25) is 0 Å². The van der Waals surface area contributed by atoms with Gasteiger partial charge in [0, 0.05) is 57.8 Å². The molecule has 2 fully saturated rings. The van der Waals surface area contributed by atoms with E-state index >= 15 is 0 Å². The zero-order valence-corrected chi connectivity index (χ0v) is 17.5. The second-order valence-electron chi connectivity index (χ2n) is 8.32. The molecule has 1 aromatic carbocycles. The van der Waals surface area contributed by atoms with Gasteiger partial charge >= 0.3 is 6.18 Å². The summed E-state index contributed by atoms with van der Waals surface area (Å²) >= 11 is 0. The fourth-order valence-electron chi connectivity index (χ4n) is 4.60. The molecule has 2 atom stereocenters. The van der Waals surface area contributed by atoms with E-state index in [0.717, 1.165) is 5.56 Å². The molecule has 3 aliphatic rings. The van der Waals surface area contributed by atoms with Gasteiger partial charge in [-0.15, -0.1) is 0 Å². The summed E-state index contributed by atoms with van der Waals surface area (Å²) in [6, 6.07) is 2.82. The number of halogens is 3. The Bertz CT molecular complexity index is 901. The van der Waals surface area contributed by atoms with Crippen LogP contribution in [0.25, 0.3) is 0 Å². The highest BCUT2D eigenvalue weighted by molar-refractivity contribution is 6.05. The number of imide groups is 1. The van der Waals surface area contributed by atoms with Crippen LogP contribution in [0.5, 0.6) is 0 Å². The lowest BCUT2D eigenvalue weighted by Gasteiger charge is -2.36. The molecule has 3 N–H and O–H groups in total. The third-order valence-electron chi connectivity index (χ3n) is 6.30. The zero-order chi connectivity index (χ0) is 22.9. The van der Waals surface area contributed by atoms with Crippen molar-refractivity contribution in [1.29, 1.82) is 0 Å².